The van der Waals surface area contributed by atoms with Crippen molar-refractivity contribution in [3.05, 3.63) is 12.2 Å². The number of aliphatic hydroxyl groups excluding tert-OH is 1. The van der Waals surface area contributed by atoms with E-state index in [9.17, 15) is 4.79 Å². The number of aliphatic hydroxyl groups is 1. The maximum atomic E-state index is 11.3. The molecule has 1 aliphatic heterocycles. The topological polar surface area (TPSA) is 40.5 Å². The van der Waals surface area contributed by atoms with Crippen LogP contribution in [0, 0.1) is 0 Å². The summed E-state index contributed by atoms with van der Waals surface area (Å²) in [5, 5.41) is 8.94. The highest BCUT2D eigenvalue weighted by Crippen LogP contribution is 2.16. The molecule has 1 amide bonds. The third-order valence-corrected chi connectivity index (χ3v) is 2.18. The molecule has 0 aromatic heterocycles. The smallest absolute Gasteiger partial charge is 0.246 e. The van der Waals surface area contributed by atoms with E-state index in [1.807, 2.05) is 6.92 Å². The Hall–Kier alpha value is -0.830. The molecular formula is C9H15NO2. The summed E-state index contributed by atoms with van der Waals surface area (Å²) in [6, 6.07) is 0.0497. The fourth-order valence-electron chi connectivity index (χ4n) is 1.55. The van der Waals surface area contributed by atoms with Crippen molar-refractivity contribution < 1.29 is 9.90 Å². The molecule has 1 saturated heterocycles. The number of allylic oxidation sites excluding steroid dienone is 1. The van der Waals surface area contributed by atoms with Crippen LogP contribution >= 0.6 is 0 Å². The van der Waals surface area contributed by atoms with Gasteiger partial charge in [-0.3, -0.25) is 4.79 Å². The SMILES string of the molecule is C/C=C/C(=O)N1CCC[C@H]1CO. The molecular weight excluding hydrogens is 154 g/mol. The van der Waals surface area contributed by atoms with E-state index in [0.717, 1.165) is 19.4 Å². The molecule has 1 rings (SSSR count). The van der Waals surface area contributed by atoms with Crippen molar-refractivity contribution in [2.24, 2.45) is 0 Å². The van der Waals surface area contributed by atoms with E-state index >= 15 is 0 Å². The van der Waals surface area contributed by atoms with E-state index in [-0.39, 0.29) is 18.6 Å². The Morgan fingerprint density at radius 3 is 3.08 bits per heavy atom. The molecule has 0 spiro atoms. The Morgan fingerprint density at radius 2 is 2.50 bits per heavy atom. The van der Waals surface area contributed by atoms with Crippen LogP contribution in [0.4, 0.5) is 0 Å². The van der Waals surface area contributed by atoms with E-state index in [0.29, 0.717) is 0 Å². The van der Waals surface area contributed by atoms with Gasteiger partial charge >= 0.3 is 0 Å². The number of carbonyl (C=O) groups excluding carboxylic acids is 1. The lowest BCUT2D eigenvalue weighted by atomic mass is 10.2. The molecule has 0 aliphatic carbocycles. The monoisotopic (exact) mass is 169 g/mol. The van der Waals surface area contributed by atoms with E-state index in [2.05, 4.69) is 0 Å². The Labute approximate surface area is 72.7 Å². The van der Waals surface area contributed by atoms with Crippen molar-refractivity contribution in [1.29, 1.82) is 0 Å². The fourth-order valence-corrected chi connectivity index (χ4v) is 1.55. The fraction of sp³-hybridized carbons (Fsp3) is 0.667. The summed E-state index contributed by atoms with van der Waals surface area (Å²) in [7, 11) is 0. The Kier molecular flexibility index (Phi) is 3.29. The second-order valence-electron chi connectivity index (χ2n) is 3.01. The van der Waals surface area contributed by atoms with Gasteiger partial charge in [0.05, 0.1) is 12.6 Å². The van der Waals surface area contributed by atoms with Gasteiger partial charge in [-0.15, -0.1) is 0 Å². The zero-order valence-electron chi connectivity index (χ0n) is 7.36. The molecule has 3 nitrogen and oxygen atoms in total. The maximum Gasteiger partial charge on any atom is 0.246 e. The summed E-state index contributed by atoms with van der Waals surface area (Å²) in [4.78, 5) is 13.1. The molecule has 0 aromatic rings. The number of carbonyl (C=O) groups is 1. The van der Waals surface area contributed by atoms with E-state index in [1.54, 1.807) is 17.1 Å². The van der Waals surface area contributed by atoms with Gasteiger partial charge in [-0.25, -0.2) is 0 Å². The van der Waals surface area contributed by atoms with Crippen molar-refractivity contribution in [2.45, 2.75) is 25.8 Å². The Bertz CT molecular complexity index is 189. The minimum absolute atomic E-state index is 0.0223. The third kappa shape index (κ3) is 1.85. The number of rotatable bonds is 2. The van der Waals surface area contributed by atoms with E-state index < -0.39 is 0 Å². The van der Waals surface area contributed by atoms with Gasteiger partial charge in [-0.05, 0) is 25.8 Å². The maximum absolute atomic E-state index is 11.3. The van der Waals surface area contributed by atoms with Gasteiger partial charge in [0.15, 0.2) is 0 Å². The predicted molar refractivity (Wildman–Crippen MR) is 46.6 cm³/mol. The minimum atomic E-state index is 0.0223. The molecule has 12 heavy (non-hydrogen) atoms. The van der Waals surface area contributed by atoms with Gasteiger partial charge in [-0.1, -0.05) is 6.08 Å². The van der Waals surface area contributed by atoms with Crippen LogP contribution in [-0.2, 0) is 4.79 Å². The lowest BCUT2D eigenvalue weighted by Crippen LogP contribution is -2.36. The highest BCUT2D eigenvalue weighted by atomic mass is 16.3. The second kappa shape index (κ2) is 4.26. The first-order chi connectivity index (χ1) is 5.79. The van der Waals surface area contributed by atoms with Crippen LogP contribution in [0.5, 0.6) is 0 Å². The van der Waals surface area contributed by atoms with E-state index in [4.69, 9.17) is 5.11 Å². The minimum Gasteiger partial charge on any atom is -0.394 e. The molecule has 0 saturated carbocycles. The van der Waals surface area contributed by atoms with Gasteiger partial charge in [0.25, 0.3) is 0 Å². The van der Waals surface area contributed by atoms with Crippen LogP contribution < -0.4 is 0 Å². The Balaban J connectivity index is 2.55. The molecule has 1 heterocycles. The molecule has 3 heteroatoms. The van der Waals surface area contributed by atoms with Crippen molar-refractivity contribution in [2.75, 3.05) is 13.2 Å². The largest absolute Gasteiger partial charge is 0.394 e. The molecule has 68 valence electrons. The molecule has 1 aliphatic rings. The standard InChI is InChI=1S/C9H15NO2/c1-2-4-9(12)10-6-3-5-8(10)7-11/h2,4,8,11H,3,5-7H2,1H3/b4-2+/t8-/m0/s1. The molecule has 1 fully saturated rings. The number of hydrogen-bond donors (Lipinski definition) is 1. The Morgan fingerprint density at radius 1 is 1.75 bits per heavy atom. The van der Waals surface area contributed by atoms with Gasteiger partial charge in [0, 0.05) is 6.54 Å². The molecule has 1 N–H and O–H groups in total. The van der Waals surface area contributed by atoms with Crippen LogP contribution in [0.2, 0.25) is 0 Å². The lowest BCUT2D eigenvalue weighted by molar-refractivity contribution is -0.127. The number of likely N-dealkylation sites (tertiary alicyclic amines) is 1. The number of amides is 1. The average Bonchev–Trinajstić information content (AvgIpc) is 2.51. The van der Waals surface area contributed by atoms with Crippen LogP contribution in [0.25, 0.3) is 0 Å². The lowest BCUT2D eigenvalue weighted by Gasteiger charge is -2.21. The van der Waals surface area contributed by atoms with Crippen LogP contribution in [0.1, 0.15) is 19.8 Å². The van der Waals surface area contributed by atoms with Gasteiger partial charge in [-0.2, -0.15) is 0 Å². The second-order valence-corrected chi connectivity index (χ2v) is 3.01. The molecule has 0 aromatic carbocycles. The first kappa shape index (κ1) is 9.26. The first-order valence-corrected chi connectivity index (χ1v) is 4.33. The molecule has 0 bridgehead atoms. The summed E-state index contributed by atoms with van der Waals surface area (Å²) in [5.74, 6) is 0.0223. The van der Waals surface area contributed by atoms with Crippen molar-refractivity contribution in [3.63, 3.8) is 0 Å². The summed E-state index contributed by atoms with van der Waals surface area (Å²) in [6.45, 7) is 2.69. The highest BCUT2D eigenvalue weighted by Gasteiger charge is 2.26. The number of nitrogens with zero attached hydrogens (tertiary/aromatic N) is 1. The van der Waals surface area contributed by atoms with Crippen LogP contribution in [0.15, 0.2) is 12.2 Å². The quantitative estimate of drug-likeness (QED) is 0.613. The predicted octanol–water partition coefficient (Wildman–Crippen LogP) is 0.546. The van der Waals surface area contributed by atoms with Crippen molar-refractivity contribution in [3.8, 4) is 0 Å². The number of hydrogen-bond acceptors (Lipinski definition) is 2. The van der Waals surface area contributed by atoms with Gasteiger partial charge in [0.2, 0.25) is 5.91 Å². The zero-order valence-corrected chi connectivity index (χ0v) is 7.36. The van der Waals surface area contributed by atoms with Crippen LogP contribution in [0.3, 0.4) is 0 Å². The molecule has 0 radical (unpaired) electrons. The first-order valence-electron chi connectivity index (χ1n) is 4.33. The summed E-state index contributed by atoms with van der Waals surface area (Å²) < 4.78 is 0. The zero-order chi connectivity index (χ0) is 8.97. The van der Waals surface area contributed by atoms with Crippen molar-refractivity contribution in [1.82, 2.24) is 4.90 Å². The molecule has 0 unspecified atom stereocenters. The molecule has 1 atom stereocenters. The summed E-state index contributed by atoms with van der Waals surface area (Å²) in [5.41, 5.74) is 0. The normalized spacial score (nSPS) is 23.8. The third-order valence-electron chi connectivity index (χ3n) is 2.18. The highest BCUT2D eigenvalue weighted by molar-refractivity contribution is 5.87. The summed E-state index contributed by atoms with van der Waals surface area (Å²) >= 11 is 0. The van der Waals surface area contributed by atoms with Crippen molar-refractivity contribution >= 4 is 5.91 Å². The van der Waals surface area contributed by atoms with E-state index in [1.165, 1.54) is 0 Å². The van der Waals surface area contributed by atoms with Gasteiger partial charge in [0.1, 0.15) is 0 Å². The van der Waals surface area contributed by atoms with Gasteiger partial charge < -0.3 is 10.0 Å². The average molecular weight is 169 g/mol. The summed E-state index contributed by atoms with van der Waals surface area (Å²) in [6.07, 6.45) is 5.22. The van der Waals surface area contributed by atoms with Crippen LogP contribution in [-0.4, -0.2) is 35.1 Å².